The molecular weight excluding hydrogens is 164 g/mol. The fourth-order valence-corrected chi connectivity index (χ4v) is 0.649. The summed E-state index contributed by atoms with van der Waals surface area (Å²) in [4.78, 5) is 4.35. The van der Waals surface area contributed by atoms with Crippen molar-refractivity contribution in [2.24, 2.45) is 5.16 Å². The lowest BCUT2D eigenvalue weighted by atomic mass is 10.2. The molecule has 0 aromatic heterocycles. The monoisotopic (exact) mass is 170 g/mol. The highest BCUT2D eigenvalue weighted by molar-refractivity contribution is 5.78. The fourth-order valence-electron chi connectivity index (χ4n) is 0.649. The maximum atomic E-state index is 12.5. The molecule has 12 heavy (non-hydrogen) atoms. The molecule has 1 radical (unpaired) electrons. The van der Waals surface area contributed by atoms with Crippen molar-refractivity contribution >= 4 is 6.21 Å². The van der Waals surface area contributed by atoms with Crippen LogP contribution in [-0.4, -0.2) is 13.3 Å². The van der Waals surface area contributed by atoms with Crippen molar-refractivity contribution in [3.63, 3.8) is 0 Å². The lowest BCUT2D eigenvalue weighted by molar-refractivity contribution is 0.215. The second kappa shape index (κ2) is 3.80. The number of rotatable bonds is 2. The van der Waals surface area contributed by atoms with Gasteiger partial charge in [0.25, 0.3) is 0 Å². The highest BCUT2D eigenvalue weighted by Gasteiger charge is 2.00. The second-order valence-electron chi connectivity index (χ2n) is 1.99. The molecule has 0 heterocycles. The van der Waals surface area contributed by atoms with Crippen LogP contribution in [0.3, 0.4) is 0 Å². The maximum Gasteiger partial charge on any atom is 0.167 e. The zero-order chi connectivity index (χ0) is 8.97. The molecule has 1 aromatic rings. The standard InChI is InChI=1S/C8H6F2NO/c1-12-11-5-6-2-3-7(9)8(10)4-6/h2-3,5H,1H3/b11-5+. The second-order valence-corrected chi connectivity index (χ2v) is 1.99. The number of nitrogens with zero attached hydrogens (tertiary/aromatic N) is 1. The first-order valence-electron chi connectivity index (χ1n) is 3.18. The summed E-state index contributed by atoms with van der Waals surface area (Å²) in [6.45, 7) is 0. The van der Waals surface area contributed by atoms with Crippen LogP contribution < -0.4 is 0 Å². The van der Waals surface area contributed by atoms with E-state index in [1.54, 1.807) is 0 Å². The van der Waals surface area contributed by atoms with E-state index in [0.717, 1.165) is 6.07 Å². The van der Waals surface area contributed by atoms with Gasteiger partial charge in [-0.25, -0.2) is 8.78 Å². The Morgan fingerprint density at radius 2 is 2.25 bits per heavy atom. The van der Waals surface area contributed by atoms with Gasteiger partial charge < -0.3 is 4.84 Å². The highest BCUT2D eigenvalue weighted by Crippen LogP contribution is 2.05. The van der Waals surface area contributed by atoms with Crippen LogP contribution in [-0.2, 0) is 4.84 Å². The SMILES string of the molecule is CO/N=C/c1[c]c(F)c(F)cc1. The normalized spacial score (nSPS) is 10.6. The number of benzene rings is 1. The summed E-state index contributed by atoms with van der Waals surface area (Å²) in [5.41, 5.74) is 0.329. The molecule has 0 amide bonds. The average Bonchev–Trinajstić information content (AvgIpc) is 2.07. The summed E-state index contributed by atoms with van der Waals surface area (Å²) in [6.07, 6.45) is 1.24. The third kappa shape index (κ3) is 2.02. The Morgan fingerprint density at radius 3 is 2.83 bits per heavy atom. The minimum atomic E-state index is -1.02. The van der Waals surface area contributed by atoms with E-state index >= 15 is 0 Å². The van der Waals surface area contributed by atoms with Gasteiger partial charge in [0.05, 0.1) is 6.21 Å². The number of oxime groups is 1. The van der Waals surface area contributed by atoms with E-state index in [1.807, 2.05) is 0 Å². The van der Waals surface area contributed by atoms with E-state index in [0.29, 0.717) is 5.56 Å². The number of hydrogen-bond donors (Lipinski definition) is 0. The first-order valence-corrected chi connectivity index (χ1v) is 3.18. The Bertz CT molecular complexity index is 299. The molecule has 0 saturated carbocycles. The summed E-state index contributed by atoms with van der Waals surface area (Å²) in [5.74, 6) is -1.94. The van der Waals surface area contributed by atoms with Gasteiger partial charge in [-0.15, -0.1) is 0 Å². The number of halogens is 2. The van der Waals surface area contributed by atoms with Gasteiger partial charge in [-0.05, 0) is 12.1 Å². The minimum absolute atomic E-state index is 0.329. The van der Waals surface area contributed by atoms with E-state index in [4.69, 9.17) is 0 Å². The summed E-state index contributed by atoms with van der Waals surface area (Å²) >= 11 is 0. The fraction of sp³-hybridized carbons (Fsp3) is 0.125. The van der Waals surface area contributed by atoms with Gasteiger partial charge >= 0.3 is 0 Å². The van der Waals surface area contributed by atoms with Gasteiger partial charge in [0.2, 0.25) is 0 Å². The quantitative estimate of drug-likeness (QED) is 0.489. The van der Waals surface area contributed by atoms with Gasteiger partial charge in [0.1, 0.15) is 7.11 Å². The van der Waals surface area contributed by atoms with Crippen molar-refractivity contribution in [1.82, 2.24) is 0 Å². The van der Waals surface area contributed by atoms with Gasteiger partial charge in [-0.3, -0.25) is 0 Å². The molecule has 1 rings (SSSR count). The van der Waals surface area contributed by atoms with Gasteiger partial charge in [-0.1, -0.05) is 5.16 Å². The Kier molecular flexibility index (Phi) is 2.74. The molecule has 0 aliphatic rings. The molecule has 0 aliphatic carbocycles. The van der Waals surface area contributed by atoms with Crippen LogP contribution in [0.2, 0.25) is 0 Å². The van der Waals surface area contributed by atoms with Crippen LogP contribution in [0.4, 0.5) is 8.78 Å². The van der Waals surface area contributed by atoms with E-state index in [9.17, 15) is 8.78 Å². The third-order valence-electron chi connectivity index (χ3n) is 1.17. The summed E-state index contributed by atoms with van der Waals surface area (Å²) in [7, 11) is 1.36. The maximum absolute atomic E-state index is 12.5. The Balaban J connectivity index is 2.89. The van der Waals surface area contributed by atoms with Crippen LogP contribution in [0.5, 0.6) is 0 Å². The molecule has 0 atom stereocenters. The van der Waals surface area contributed by atoms with Gasteiger partial charge in [0.15, 0.2) is 11.6 Å². The topological polar surface area (TPSA) is 21.6 Å². The average molecular weight is 170 g/mol. The van der Waals surface area contributed by atoms with E-state index in [1.165, 1.54) is 19.4 Å². The van der Waals surface area contributed by atoms with Crippen molar-refractivity contribution in [3.8, 4) is 0 Å². The zero-order valence-corrected chi connectivity index (χ0v) is 6.34. The van der Waals surface area contributed by atoms with Crippen LogP contribution in [0.1, 0.15) is 5.56 Å². The zero-order valence-electron chi connectivity index (χ0n) is 6.34. The molecule has 0 saturated heterocycles. The van der Waals surface area contributed by atoms with Crippen LogP contribution in [0, 0.1) is 17.7 Å². The molecule has 0 aliphatic heterocycles. The molecule has 2 nitrogen and oxygen atoms in total. The summed E-state index contributed by atoms with van der Waals surface area (Å²) < 4.78 is 24.8. The molecular formula is C8H6F2NO. The smallest absolute Gasteiger partial charge is 0.167 e. The summed E-state index contributed by atoms with van der Waals surface area (Å²) in [6, 6.07) is 4.49. The highest BCUT2D eigenvalue weighted by atomic mass is 19.2. The van der Waals surface area contributed by atoms with Crippen LogP contribution in [0.25, 0.3) is 0 Å². The van der Waals surface area contributed by atoms with Crippen molar-refractivity contribution in [2.75, 3.05) is 7.11 Å². The Morgan fingerprint density at radius 1 is 1.50 bits per heavy atom. The van der Waals surface area contributed by atoms with Crippen LogP contribution >= 0.6 is 0 Å². The third-order valence-corrected chi connectivity index (χ3v) is 1.17. The predicted octanol–water partition coefficient (Wildman–Crippen LogP) is 1.75. The lowest BCUT2D eigenvalue weighted by Gasteiger charge is -1.93. The molecule has 4 heteroatoms. The molecule has 0 bridgehead atoms. The molecule has 63 valence electrons. The summed E-state index contributed by atoms with van der Waals surface area (Å²) in [5, 5.41) is 3.37. The van der Waals surface area contributed by atoms with Crippen molar-refractivity contribution in [3.05, 3.63) is 35.4 Å². The Labute approximate surface area is 68.5 Å². The predicted molar refractivity (Wildman–Crippen MR) is 39.8 cm³/mol. The molecule has 0 spiro atoms. The molecule has 0 N–H and O–H groups in total. The largest absolute Gasteiger partial charge is 0.399 e. The minimum Gasteiger partial charge on any atom is -0.399 e. The first kappa shape index (κ1) is 8.64. The molecule has 1 aromatic carbocycles. The first-order chi connectivity index (χ1) is 5.74. The number of hydrogen-bond acceptors (Lipinski definition) is 2. The van der Waals surface area contributed by atoms with Gasteiger partial charge in [0, 0.05) is 11.6 Å². The van der Waals surface area contributed by atoms with E-state index in [2.05, 4.69) is 16.1 Å². The van der Waals surface area contributed by atoms with Gasteiger partial charge in [-0.2, -0.15) is 0 Å². The van der Waals surface area contributed by atoms with Crippen molar-refractivity contribution in [1.29, 1.82) is 0 Å². The van der Waals surface area contributed by atoms with Crippen molar-refractivity contribution in [2.45, 2.75) is 0 Å². The molecule has 0 unspecified atom stereocenters. The lowest BCUT2D eigenvalue weighted by Crippen LogP contribution is -1.88. The van der Waals surface area contributed by atoms with Crippen molar-refractivity contribution < 1.29 is 13.6 Å². The Hall–Kier alpha value is -1.45. The van der Waals surface area contributed by atoms with E-state index in [-0.39, 0.29) is 0 Å². The van der Waals surface area contributed by atoms with Crippen LogP contribution in [0.15, 0.2) is 17.3 Å². The molecule has 0 fully saturated rings. The van der Waals surface area contributed by atoms with E-state index < -0.39 is 11.6 Å².